The number of para-hydroxylation sites is 1. The Morgan fingerprint density at radius 3 is 2.68 bits per heavy atom. The lowest BCUT2D eigenvalue weighted by Gasteiger charge is -2.22. The number of amides is 2. The van der Waals surface area contributed by atoms with E-state index in [0.29, 0.717) is 13.0 Å². The average molecular weight is 344 g/mol. The summed E-state index contributed by atoms with van der Waals surface area (Å²) in [7, 11) is 0. The van der Waals surface area contributed by atoms with Crippen molar-refractivity contribution in [2.75, 3.05) is 29.9 Å². The molecule has 1 saturated heterocycles. The first kappa shape index (κ1) is 18.8. The summed E-state index contributed by atoms with van der Waals surface area (Å²) in [5.74, 6) is 2.00. The van der Waals surface area contributed by atoms with Crippen LogP contribution in [-0.2, 0) is 9.59 Å². The van der Waals surface area contributed by atoms with Gasteiger partial charge in [0.25, 0.3) is 0 Å². The molecular weight excluding hydrogens is 322 g/mol. The van der Waals surface area contributed by atoms with Crippen LogP contribution in [0, 0.1) is 0 Å². The highest BCUT2D eigenvalue weighted by molar-refractivity contribution is 7.99. The number of anilines is 1. The minimum absolute atomic E-state index is 0. The van der Waals surface area contributed by atoms with Gasteiger partial charge in [-0.15, -0.1) is 12.4 Å². The average Bonchev–Trinajstić information content (AvgIpc) is 2.49. The van der Waals surface area contributed by atoms with Crippen LogP contribution in [0.2, 0.25) is 0 Å². The van der Waals surface area contributed by atoms with Crippen molar-refractivity contribution >= 4 is 41.7 Å². The number of carbonyl (C=O) groups is 2. The first-order valence-corrected chi connectivity index (χ1v) is 8.32. The molecule has 2 rings (SSSR count). The van der Waals surface area contributed by atoms with Crippen LogP contribution in [0.25, 0.3) is 0 Å². The lowest BCUT2D eigenvalue weighted by Crippen LogP contribution is -2.41. The molecule has 22 heavy (non-hydrogen) atoms. The van der Waals surface area contributed by atoms with E-state index >= 15 is 0 Å². The number of carbonyl (C=O) groups excluding carboxylic acids is 2. The molecule has 3 N–H and O–H groups in total. The van der Waals surface area contributed by atoms with E-state index in [4.69, 9.17) is 0 Å². The van der Waals surface area contributed by atoms with E-state index in [-0.39, 0.29) is 36.7 Å². The van der Waals surface area contributed by atoms with Crippen molar-refractivity contribution < 1.29 is 9.59 Å². The van der Waals surface area contributed by atoms with Gasteiger partial charge in [0, 0.05) is 49.2 Å². The van der Waals surface area contributed by atoms with E-state index in [0.717, 1.165) is 23.7 Å². The lowest BCUT2D eigenvalue weighted by atomic mass is 10.2. The molecule has 1 aliphatic heterocycles. The van der Waals surface area contributed by atoms with Gasteiger partial charge in [0.1, 0.15) is 0 Å². The summed E-state index contributed by atoms with van der Waals surface area (Å²) in [6.45, 7) is 1.33. The maximum Gasteiger partial charge on any atom is 0.226 e. The summed E-state index contributed by atoms with van der Waals surface area (Å²) in [4.78, 5) is 23.5. The predicted molar refractivity (Wildman–Crippen MR) is 93.7 cm³/mol. The molecule has 0 saturated carbocycles. The molecule has 1 aromatic rings. The molecule has 1 heterocycles. The second-order valence-electron chi connectivity index (χ2n) is 4.94. The first-order chi connectivity index (χ1) is 10.2. The third kappa shape index (κ3) is 7.15. The molecule has 1 atom stereocenters. The van der Waals surface area contributed by atoms with Gasteiger partial charge in [-0.2, -0.15) is 11.8 Å². The van der Waals surface area contributed by atoms with Crippen molar-refractivity contribution in [2.24, 2.45) is 0 Å². The number of thioether (sulfide) groups is 1. The molecule has 1 unspecified atom stereocenters. The maximum absolute atomic E-state index is 11.8. The van der Waals surface area contributed by atoms with Crippen LogP contribution in [0.5, 0.6) is 0 Å². The minimum Gasteiger partial charge on any atom is -0.356 e. The fraction of sp³-hybridized carbons (Fsp3) is 0.467. The first-order valence-electron chi connectivity index (χ1n) is 7.17. The van der Waals surface area contributed by atoms with Crippen molar-refractivity contribution in [1.29, 1.82) is 0 Å². The van der Waals surface area contributed by atoms with E-state index in [1.54, 1.807) is 0 Å². The summed E-state index contributed by atoms with van der Waals surface area (Å²) in [5, 5.41) is 8.91. The Labute approximate surface area is 141 Å². The number of benzene rings is 1. The highest BCUT2D eigenvalue weighted by Gasteiger charge is 2.16. The number of hydrogen-bond acceptors (Lipinski definition) is 4. The van der Waals surface area contributed by atoms with E-state index in [9.17, 15) is 9.59 Å². The van der Waals surface area contributed by atoms with Crippen molar-refractivity contribution in [1.82, 2.24) is 10.6 Å². The van der Waals surface area contributed by atoms with Crippen molar-refractivity contribution in [2.45, 2.75) is 18.9 Å². The van der Waals surface area contributed by atoms with Crippen LogP contribution in [0.4, 0.5) is 5.69 Å². The molecule has 1 fully saturated rings. The fourth-order valence-electron chi connectivity index (χ4n) is 2.11. The molecule has 0 aromatic heterocycles. The topological polar surface area (TPSA) is 70.2 Å². The second-order valence-corrected chi connectivity index (χ2v) is 6.09. The van der Waals surface area contributed by atoms with Gasteiger partial charge in [-0.1, -0.05) is 18.2 Å². The number of nitrogens with one attached hydrogen (secondary N) is 3. The third-order valence-electron chi connectivity index (χ3n) is 3.16. The molecule has 0 spiro atoms. The zero-order valence-electron chi connectivity index (χ0n) is 12.3. The largest absolute Gasteiger partial charge is 0.356 e. The predicted octanol–water partition coefficient (Wildman–Crippen LogP) is 1.65. The summed E-state index contributed by atoms with van der Waals surface area (Å²) in [5.41, 5.74) is 0.775. The Morgan fingerprint density at radius 2 is 2.00 bits per heavy atom. The number of rotatable bonds is 6. The van der Waals surface area contributed by atoms with E-state index in [2.05, 4.69) is 16.0 Å². The van der Waals surface area contributed by atoms with E-state index in [1.165, 1.54) is 0 Å². The Kier molecular flexibility index (Phi) is 8.96. The zero-order chi connectivity index (χ0) is 14.9. The summed E-state index contributed by atoms with van der Waals surface area (Å²) in [6, 6.07) is 9.56. The van der Waals surface area contributed by atoms with Gasteiger partial charge in [0.05, 0.1) is 0 Å². The number of hydrogen-bond donors (Lipinski definition) is 3. The molecule has 2 amide bonds. The molecule has 0 aliphatic carbocycles. The molecule has 1 aliphatic rings. The Balaban J connectivity index is 0.00000242. The summed E-state index contributed by atoms with van der Waals surface area (Å²) < 4.78 is 0. The quantitative estimate of drug-likeness (QED) is 0.734. The van der Waals surface area contributed by atoms with Gasteiger partial charge in [-0.25, -0.2) is 0 Å². The standard InChI is InChI=1S/C15H21N3O2S.ClH/c19-14(18-12-4-2-1-3-5-12)6-7-17-15(20)10-13-11-21-9-8-16-13;/h1-5,13,16H,6-11H2,(H,17,20)(H,18,19);1H. The van der Waals surface area contributed by atoms with Crippen molar-refractivity contribution in [3.63, 3.8) is 0 Å². The maximum atomic E-state index is 11.8. The molecule has 0 radical (unpaired) electrons. The van der Waals surface area contributed by atoms with Crippen molar-refractivity contribution in [3.05, 3.63) is 30.3 Å². The van der Waals surface area contributed by atoms with Gasteiger partial charge < -0.3 is 16.0 Å². The second kappa shape index (κ2) is 10.5. The monoisotopic (exact) mass is 343 g/mol. The van der Waals surface area contributed by atoms with Crippen LogP contribution >= 0.6 is 24.2 Å². The van der Waals surface area contributed by atoms with E-state index < -0.39 is 0 Å². The molecule has 1 aromatic carbocycles. The molecule has 5 nitrogen and oxygen atoms in total. The van der Waals surface area contributed by atoms with Crippen molar-refractivity contribution in [3.8, 4) is 0 Å². The van der Waals surface area contributed by atoms with E-state index in [1.807, 2.05) is 42.1 Å². The van der Waals surface area contributed by atoms with Crippen LogP contribution in [-0.4, -0.2) is 42.5 Å². The molecule has 122 valence electrons. The Bertz CT molecular complexity index is 467. The highest BCUT2D eigenvalue weighted by Crippen LogP contribution is 2.10. The fourth-order valence-corrected chi connectivity index (χ4v) is 3.06. The number of halogens is 1. The van der Waals surface area contributed by atoms with Crippen LogP contribution in [0.3, 0.4) is 0 Å². The SMILES string of the molecule is Cl.O=C(CC1CSCCN1)NCCC(=O)Nc1ccccc1. The smallest absolute Gasteiger partial charge is 0.226 e. The highest BCUT2D eigenvalue weighted by atomic mass is 35.5. The van der Waals surface area contributed by atoms with Crippen LogP contribution < -0.4 is 16.0 Å². The van der Waals surface area contributed by atoms with Gasteiger partial charge in [-0.3, -0.25) is 9.59 Å². The molecular formula is C15H22ClN3O2S. The van der Waals surface area contributed by atoms with Gasteiger partial charge in [0.15, 0.2) is 0 Å². The summed E-state index contributed by atoms with van der Waals surface area (Å²) >= 11 is 1.87. The van der Waals surface area contributed by atoms with Gasteiger partial charge >= 0.3 is 0 Å². The molecule has 0 bridgehead atoms. The zero-order valence-corrected chi connectivity index (χ0v) is 14.0. The normalized spacial score (nSPS) is 17.2. The minimum atomic E-state index is -0.0900. The van der Waals surface area contributed by atoms with Gasteiger partial charge in [0.2, 0.25) is 11.8 Å². The van der Waals surface area contributed by atoms with Crippen LogP contribution in [0.1, 0.15) is 12.8 Å². The van der Waals surface area contributed by atoms with Crippen LogP contribution in [0.15, 0.2) is 30.3 Å². The summed E-state index contributed by atoms with van der Waals surface area (Å²) in [6.07, 6.45) is 0.765. The Hall–Kier alpha value is -1.24. The Morgan fingerprint density at radius 1 is 1.23 bits per heavy atom. The molecule has 7 heteroatoms. The lowest BCUT2D eigenvalue weighted by molar-refractivity contribution is -0.121. The third-order valence-corrected chi connectivity index (χ3v) is 4.29. The van der Waals surface area contributed by atoms with Gasteiger partial charge in [-0.05, 0) is 12.1 Å².